The third-order valence-corrected chi connectivity index (χ3v) is 3.43. The quantitative estimate of drug-likeness (QED) is 0.906. The van der Waals surface area contributed by atoms with Gasteiger partial charge in [-0.2, -0.15) is 0 Å². The summed E-state index contributed by atoms with van der Waals surface area (Å²) in [7, 11) is 0. The molecule has 0 bridgehead atoms. The van der Waals surface area contributed by atoms with Crippen LogP contribution >= 0.6 is 23.2 Å². The Morgan fingerprint density at radius 2 is 2.10 bits per heavy atom. The zero-order valence-electron chi connectivity index (χ0n) is 10.6. The molecule has 0 atom stereocenters. The molecule has 104 valence electrons. The Morgan fingerprint density at radius 1 is 1.35 bits per heavy atom. The Morgan fingerprint density at radius 3 is 2.75 bits per heavy atom. The fraction of sp³-hybridized carbons (Fsp3) is 0.143. The molecule has 20 heavy (non-hydrogen) atoms. The van der Waals surface area contributed by atoms with E-state index in [-0.39, 0.29) is 16.5 Å². The second-order valence-corrected chi connectivity index (χ2v) is 4.78. The summed E-state index contributed by atoms with van der Waals surface area (Å²) < 4.78 is 5.53. The summed E-state index contributed by atoms with van der Waals surface area (Å²) in [4.78, 5) is 14.9. The van der Waals surface area contributed by atoms with Crippen molar-refractivity contribution in [2.75, 3.05) is 0 Å². The summed E-state index contributed by atoms with van der Waals surface area (Å²) in [6, 6.07) is 6.47. The minimum absolute atomic E-state index is 0.0343. The number of aromatic carboxylic acids is 1. The van der Waals surface area contributed by atoms with Crippen molar-refractivity contribution in [3.63, 3.8) is 0 Å². The number of aryl methyl sites for hydroxylation is 1. The molecule has 0 aliphatic rings. The van der Waals surface area contributed by atoms with Crippen LogP contribution in [-0.2, 0) is 6.42 Å². The molecule has 0 aliphatic heterocycles. The maximum Gasteiger partial charge on any atom is 0.337 e. The molecule has 2 rings (SSSR count). The van der Waals surface area contributed by atoms with Gasteiger partial charge in [0, 0.05) is 11.2 Å². The standard InChI is InChI=1S/C14H11Cl2NO3/c1-2-8-7-9(3-4-11(8)15)20-13-12(16)10(14(18)19)5-6-17-13/h3-7H,2H2,1H3,(H,18,19). The number of ether oxygens (including phenoxy) is 1. The van der Waals surface area contributed by atoms with Crippen LogP contribution in [0.1, 0.15) is 22.8 Å². The highest BCUT2D eigenvalue weighted by molar-refractivity contribution is 6.34. The molecule has 0 amide bonds. The number of nitrogens with zero attached hydrogens (tertiary/aromatic N) is 1. The lowest BCUT2D eigenvalue weighted by molar-refractivity contribution is 0.0696. The lowest BCUT2D eigenvalue weighted by atomic mass is 10.1. The molecule has 4 nitrogen and oxygen atoms in total. The van der Waals surface area contributed by atoms with Crippen molar-refractivity contribution in [2.24, 2.45) is 0 Å². The number of benzene rings is 1. The summed E-state index contributed by atoms with van der Waals surface area (Å²) in [5.74, 6) is -0.577. The predicted molar refractivity (Wildman–Crippen MR) is 77.1 cm³/mol. The van der Waals surface area contributed by atoms with E-state index in [1.807, 2.05) is 6.92 Å². The van der Waals surface area contributed by atoms with Gasteiger partial charge in [0.15, 0.2) is 0 Å². The summed E-state index contributed by atoms with van der Waals surface area (Å²) >= 11 is 12.0. The molecule has 0 saturated carbocycles. The molecule has 1 N–H and O–H groups in total. The molecule has 0 unspecified atom stereocenters. The molecule has 0 aliphatic carbocycles. The van der Waals surface area contributed by atoms with Crippen LogP contribution in [0.4, 0.5) is 0 Å². The summed E-state index contributed by atoms with van der Waals surface area (Å²) in [5, 5.41) is 9.61. The van der Waals surface area contributed by atoms with Crippen molar-refractivity contribution in [3.05, 3.63) is 51.6 Å². The number of hydrogen-bond acceptors (Lipinski definition) is 3. The van der Waals surface area contributed by atoms with Crippen molar-refractivity contribution >= 4 is 29.2 Å². The number of carboxylic acids is 1. The van der Waals surface area contributed by atoms with Gasteiger partial charge >= 0.3 is 5.97 Å². The first-order chi connectivity index (χ1) is 9.52. The average molecular weight is 312 g/mol. The van der Waals surface area contributed by atoms with E-state index < -0.39 is 5.97 Å². The second-order valence-electron chi connectivity index (χ2n) is 3.99. The number of aromatic nitrogens is 1. The Hall–Kier alpha value is -1.78. The van der Waals surface area contributed by atoms with Gasteiger partial charge in [0.05, 0.1) is 5.56 Å². The van der Waals surface area contributed by atoms with Gasteiger partial charge < -0.3 is 9.84 Å². The Kier molecular flexibility index (Phi) is 4.47. The Bertz CT molecular complexity index is 659. The van der Waals surface area contributed by atoms with Crippen LogP contribution in [0.5, 0.6) is 11.6 Å². The molecule has 1 heterocycles. The van der Waals surface area contributed by atoms with E-state index in [1.165, 1.54) is 12.3 Å². The third kappa shape index (κ3) is 3.03. The number of carboxylic acid groups (broad SMARTS) is 1. The number of halogens is 2. The van der Waals surface area contributed by atoms with Gasteiger partial charge in [0.1, 0.15) is 10.8 Å². The van der Waals surface area contributed by atoms with E-state index in [2.05, 4.69) is 4.98 Å². The van der Waals surface area contributed by atoms with Crippen LogP contribution in [0.3, 0.4) is 0 Å². The first-order valence-electron chi connectivity index (χ1n) is 5.87. The largest absolute Gasteiger partial charge is 0.478 e. The van der Waals surface area contributed by atoms with Crippen LogP contribution in [0.2, 0.25) is 10.0 Å². The minimum Gasteiger partial charge on any atom is -0.478 e. The van der Waals surface area contributed by atoms with Gasteiger partial charge in [0.2, 0.25) is 5.88 Å². The third-order valence-electron chi connectivity index (χ3n) is 2.70. The molecular weight excluding hydrogens is 301 g/mol. The van der Waals surface area contributed by atoms with E-state index >= 15 is 0 Å². The first kappa shape index (κ1) is 14.6. The van der Waals surface area contributed by atoms with Gasteiger partial charge in [-0.1, -0.05) is 30.1 Å². The molecular formula is C14H11Cl2NO3. The van der Waals surface area contributed by atoms with Crippen LogP contribution in [0.15, 0.2) is 30.5 Å². The van der Waals surface area contributed by atoms with Gasteiger partial charge in [-0.3, -0.25) is 0 Å². The maximum absolute atomic E-state index is 11.0. The monoisotopic (exact) mass is 311 g/mol. The molecule has 6 heteroatoms. The average Bonchev–Trinajstić information content (AvgIpc) is 2.42. The summed E-state index contributed by atoms with van der Waals surface area (Å²) in [6.07, 6.45) is 2.09. The van der Waals surface area contributed by atoms with Gasteiger partial charge in [-0.25, -0.2) is 9.78 Å². The van der Waals surface area contributed by atoms with Crippen LogP contribution < -0.4 is 4.74 Å². The fourth-order valence-corrected chi connectivity index (χ4v) is 2.14. The maximum atomic E-state index is 11.0. The van der Waals surface area contributed by atoms with Crippen molar-refractivity contribution in [3.8, 4) is 11.6 Å². The molecule has 1 aromatic heterocycles. The highest BCUT2D eigenvalue weighted by Gasteiger charge is 2.15. The van der Waals surface area contributed by atoms with Crippen LogP contribution in [0, 0.1) is 0 Å². The minimum atomic E-state index is -1.13. The number of pyridine rings is 1. The summed E-state index contributed by atoms with van der Waals surface area (Å²) in [6.45, 7) is 1.97. The lowest BCUT2D eigenvalue weighted by Crippen LogP contribution is -2.00. The van der Waals surface area contributed by atoms with E-state index in [4.69, 9.17) is 33.0 Å². The van der Waals surface area contributed by atoms with E-state index in [0.717, 1.165) is 12.0 Å². The molecule has 1 aromatic carbocycles. The SMILES string of the molecule is CCc1cc(Oc2nccc(C(=O)O)c2Cl)ccc1Cl. The highest BCUT2D eigenvalue weighted by Crippen LogP contribution is 2.31. The predicted octanol–water partition coefficient (Wildman–Crippen LogP) is 4.44. The molecule has 2 aromatic rings. The highest BCUT2D eigenvalue weighted by atomic mass is 35.5. The lowest BCUT2D eigenvalue weighted by Gasteiger charge is -2.09. The topological polar surface area (TPSA) is 59.4 Å². The zero-order valence-corrected chi connectivity index (χ0v) is 12.1. The number of carbonyl (C=O) groups is 1. The van der Waals surface area contributed by atoms with Gasteiger partial charge in [-0.05, 0) is 36.2 Å². The van der Waals surface area contributed by atoms with Gasteiger partial charge in [0.25, 0.3) is 0 Å². The Labute approximate surface area is 125 Å². The smallest absolute Gasteiger partial charge is 0.337 e. The van der Waals surface area contributed by atoms with Gasteiger partial charge in [-0.15, -0.1) is 0 Å². The van der Waals surface area contributed by atoms with Crippen LogP contribution in [-0.4, -0.2) is 16.1 Å². The van der Waals surface area contributed by atoms with E-state index in [9.17, 15) is 4.79 Å². The van der Waals surface area contributed by atoms with Crippen molar-refractivity contribution in [1.29, 1.82) is 0 Å². The fourth-order valence-electron chi connectivity index (χ4n) is 1.66. The number of hydrogen-bond donors (Lipinski definition) is 1. The Balaban J connectivity index is 2.35. The molecule has 0 spiro atoms. The van der Waals surface area contributed by atoms with Crippen molar-refractivity contribution in [2.45, 2.75) is 13.3 Å². The normalized spacial score (nSPS) is 10.3. The molecule has 0 saturated heterocycles. The zero-order chi connectivity index (χ0) is 14.7. The number of rotatable bonds is 4. The first-order valence-corrected chi connectivity index (χ1v) is 6.62. The molecule has 0 radical (unpaired) electrons. The van der Waals surface area contributed by atoms with E-state index in [0.29, 0.717) is 10.8 Å². The molecule has 0 fully saturated rings. The van der Waals surface area contributed by atoms with Crippen molar-refractivity contribution < 1.29 is 14.6 Å². The van der Waals surface area contributed by atoms with Crippen LogP contribution in [0.25, 0.3) is 0 Å². The summed E-state index contributed by atoms with van der Waals surface area (Å²) in [5.41, 5.74) is 0.871. The van der Waals surface area contributed by atoms with Crippen molar-refractivity contribution in [1.82, 2.24) is 4.98 Å². The van der Waals surface area contributed by atoms with E-state index in [1.54, 1.807) is 18.2 Å². The second kappa shape index (κ2) is 6.11.